The number of rotatable bonds is 4. The maximum absolute atomic E-state index is 13.6. The molecule has 0 aromatic heterocycles. The van der Waals surface area contributed by atoms with Gasteiger partial charge in [-0.1, -0.05) is 31.5 Å². The zero-order valence-corrected chi connectivity index (χ0v) is 10.4. The largest absolute Gasteiger partial charge is 0.327 e. The van der Waals surface area contributed by atoms with Gasteiger partial charge in [-0.2, -0.15) is 0 Å². The van der Waals surface area contributed by atoms with Gasteiger partial charge >= 0.3 is 0 Å². The van der Waals surface area contributed by atoms with Crippen molar-refractivity contribution < 1.29 is 4.39 Å². The Morgan fingerprint density at radius 1 is 1.47 bits per heavy atom. The summed E-state index contributed by atoms with van der Waals surface area (Å²) < 4.78 is 13.6. The molecule has 1 unspecified atom stereocenters. The Hall–Kier alpha value is -0.250. The van der Waals surface area contributed by atoms with Gasteiger partial charge in [0.05, 0.1) is 0 Å². The molecule has 1 atom stereocenters. The molecule has 1 rings (SSSR count). The summed E-state index contributed by atoms with van der Waals surface area (Å²) >= 11 is 7.58. The zero-order chi connectivity index (χ0) is 11.4. The molecule has 0 fully saturated rings. The van der Waals surface area contributed by atoms with Crippen molar-refractivity contribution in [1.29, 1.82) is 0 Å². The van der Waals surface area contributed by atoms with Crippen molar-refractivity contribution in [1.82, 2.24) is 0 Å². The van der Waals surface area contributed by atoms with Crippen LogP contribution in [-0.4, -0.2) is 11.8 Å². The highest BCUT2D eigenvalue weighted by Crippen LogP contribution is 2.36. The van der Waals surface area contributed by atoms with Crippen LogP contribution in [0.2, 0.25) is 5.02 Å². The first-order chi connectivity index (χ1) is 7.06. The van der Waals surface area contributed by atoms with Crippen LogP contribution in [0.15, 0.2) is 23.1 Å². The average molecular weight is 248 g/mol. The minimum atomic E-state index is -1.18. The molecule has 1 aromatic carbocycles. The predicted molar refractivity (Wildman–Crippen MR) is 65.3 cm³/mol. The number of benzene rings is 1. The molecule has 0 heterocycles. The number of alkyl halides is 1. The van der Waals surface area contributed by atoms with Crippen LogP contribution in [0, 0.1) is 0 Å². The van der Waals surface area contributed by atoms with E-state index in [2.05, 4.69) is 13.8 Å². The van der Waals surface area contributed by atoms with Gasteiger partial charge in [0, 0.05) is 27.3 Å². The Morgan fingerprint density at radius 2 is 2.13 bits per heavy atom. The molecule has 0 amide bonds. The minimum absolute atomic E-state index is 0.0324. The molecule has 0 radical (unpaired) electrons. The lowest BCUT2D eigenvalue weighted by atomic mass is 10.1. The van der Waals surface area contributed by atoms with Crippen LogP contribution in [0.1, 0.15) is 25.6 Å². The average Bonchev–Trinajstić information content (AvgIpc) is 2.16. The van der Waals surface area contributed by atoms with E-state index < -0.39 is 6.17 Å². The fraction of sp³-hybridized carbons (Fsp3) is 0.455. The predicted octanol–water partition coefficient (Wildman–Crippen LogP) is 3.81. The van der Waals surface area contributed by atoms with Gasteiger partial charge in [-0.15, -0.1) is 11.8 Å². The van der Waals surface area contributed by atoms with Crippen molar-refractivity contribution in [2.75, 3.05) is 6.54 Å². The molecule has 4 heteroatoms. The number of halogens is 2. The van der Waals surface area contributed by atoms with Gasteiger partial charge in [-0.25, -0.2) is 4.39 Å². The maximum Gasteiger partial charge on any atom is 0.140 e. The lowest BCUT2D eigenvalue weighted by Gasteiger charge is -2.15. The van der Waals surface area contributed by atoms with Gasteiger partial charge in [-0.3, -0.25) is 0 Å². The summed E-state index contributed by atoms with van der Waals surface area (Å²) in [6.45, 7) is 4.09. The molecule has 0 spiro atoms. The molecule has 0 aliphatic rings. The second kappa shape index (κ2) is 5.73. The van der Waals surface area contributed by atoms with Crippen LogP contribution in [0.25, 0.3) is 0 Å². The zero-order valence-electron chi connectivity index (χ0n) is 8.84. The van der Waals surface area contributed by atoms with Gasteiger partial charge in [0.15, 0.2) is 0 Å². The first-order valence-corrected chi connectivity index (χ1v) is 6.11. The summed E-state index contributed by atoms with van der Waals surface area (Å²) in [5.41, 5.74) is 5.86. The number of thioether (sulfide) groups is 1. The SMILES string of the molecule is CC(C)Sc1cccc(Cl)c1C(F)CN. The Kier molecular flexibility index (Phi) is 4.90. The monoisotopic (exact) mass is 247 g/mol. The van der Waals surface area contributed by atoms with E-state index >= 15 is 0 Å². The Balaban J connectivity index is 3.08. The van der Waals surface area contributed by atoms with E-state index in [1.165, 1.54) is 0 Å². The summed E-state index contributed by atoms with van der Waals surface area (Å²) in [6, 6.07) is 5.41. The highest BCUT2D eigenvalue weighted by atomic mass is 35.5. The molecule has 84 valence electrons. The topological polar surface area (TPSA) is 26.0 Å². The van der Waals surface area contributed by atoms with Crippen LogP contribution in [-0.2, 0) is 0 Å². The van der Waals surface area contributed by atoms with E-state index in [1.54, 1.807) is 17.8 Å². The van der Waals surface area contributed by atoms with Gasteiger partial charge in [0.25, 0.3) is 0 Å². The third kappa shape index (κ3) is 3.37. The fourth-order valence-corrected chi connectivity index (χ4v) is 2.67. The van der Waals surface area contributed by atoms with Crippen molar-refractivity contribution in [2.24, 2.45) is 5.73 Å². The molecule has 0 aliphatic heterocycles. The molecule has 1 aromatic rings. The van der Waals surface area contributed by atoms with Crippen molar-refractivity contribution in [3.05, 3.63) is 28.8 Å². The number of nitrogens with two attached hydrogens (primary N) is 1. The molecule has 1 nitrogen and oxygen atoms in total. The van der Waals surface area contributed by atoms with Crippen LogP contribution in [0.3, 0.4) is 0 Å². The summed E-state index contributed by atoms with van der Waals surface area (Å²) in [7, 11) is 0. The first kappa shape index (κ1) is 12.8. The van der Waals surface area contributed by atoms with Gasteiger partial charge < -0.3 is 5.73 Å². The number of hydrogen-bond donors (Lipinski definition) is 1. The standard InChI is InChI=1S/C11H15ClFNS/c1-7(2)15-10-5-3-4-8(12)11(10)9(13)6-14/h3-5,7,9H,6,14H2,1-2H3. The van der Waals surface area contributed by atoms with Crippen LogP contribution < -0.4 is 5.73 Å². The summed E-state index contributed by atoms with van der Waals surface area (Å²) in [5.74, 6) is 0. The number of hydrogen-bond acceptors (Lipinski definition) is 2. The highest BCUT2D eigenvalue weighted by molar-refractivity contribution is 8.00. The summed E-state index contributed by atoms with van der Waals surface area (Å²) in [6.07, 6.45) is -1.18. The second-order valence-electron chi connectivity index (χ2n) is 3.52. The van der Waals surface area contributed by atoms with E-state index in [-0.39, 0.29) is 6.54 Å². The summed E-state index contributed by atoms with van der Waals surface area (Å²) in [4.78, 5) is 0.885. The quantitative estimate of drug-likeness (QED) is 0.819. The molecular formula is C11H15ClFNS. The Morgan fingerprint density at radius 3 is 2.67 bits per heavy atom. The smallest absolute Gasteiger partial charge is 0.140 e. The van der Waals surface area contributed by atoms with Gasteiger partial charge in [0.2, 0.25) is 0 Å². The van der Waals surface area contributed by atoms with Crippen LogP contribution in [0.4, 0.5) is 4.39 Å². The van der Waals surface area contributed by atoms with Crippen LogP contribution in [0.5, 0.6) is 0 Å². The minimum Gasteiger partial charge on any atom is -0.327 e. The van der Waals surface area contributed by atoms with E-state index in [0.29, 0.717) is 15.8 Å². The first-order valence-electron chi connectivity index (χ1n) is 4.85. The van der Waals surface area contributed by atoms with Gasteiger partial charge in [0.1, 0.15) is 6.17 Å². The lowest BCUT2D eigenvalue weighted by Crippen LogP contribution is -2.09. The van der Waals surface area contributed by atoms with Crippen molar-refractivity contribution >= 4 is 23.4 Å². The highest BCUT2D eigenvalue weighted by Gasteiger charge is 2.17. The van der Waals surface area contributed by atoms with E-state index in [9.17, 15) is 4.39 Å². The third-order valence-corrected chi connectivity index (χ3v) is 3.31. The summed E-state index contributed by atoms with van der Waals surface area (Å²) in [5, 5.41) is 0.853. The van der Waals surface area contributed by atoms with E-state index in [1.807, 2.05) is 12.1 Å². The lowest BCUT2D eigenvalue weighted by molar-refractivity contribution is 0.348. The van der Waals surface area contributed by atoms with Gasteiger partial charge in [-0.05, 0) is 12.1 Å². The normalized spacial score (nSPS) is 13.2. The molecular weight excluding hydrogens is 233 g/mol. The van der Waals surface area contributed by atoms with Crippen molar-refractivity contribution in [2.45, 2.75) is 30.2 Å². The molecule has 15 heavy (non-hydrogen) atoms. The molecule has 0 bridgehead atoms. The fourth-order valence-electron chi connectivity index (χ4n) is 1.30. The molecule has 0 saturated carbocycles. The Bertz CT molecular complexity index is 330. The Labute approximate surface area is 99.2 Å². The third-order valence-electron chi connectivity index (χ3n) is 1.90. The van der Waals surface area contributed by atoms with Crippen LogP contribution >= 0.6 is 23.4 Å². The molecule has 0 saturated heterocycles. The van der Waals surface area contributed by atoms with E-state index in [4.69, 9.17) is 17.3 Å². The second-order valence-corrected chi connectivity index (χ2v) is 5.55. The van der Waals surface area contributed by atoms with Crippen molar-refractivity contribution in [3.63, 3.8) is 0 Å². The maximum atomic E-state index is 13.6. The van der Waals surface area contributed by atoms with E-state index in [0.717, 1.165) is 4.90 Å². The molecule has 0 aliphatic carbocycles. The van der Waals surface area contributed by atoms with Crippen molar-refractivity contribution in [3.8, 4) is 0 Å². The molecule has 2 N–H and O–H groups in total.